The first-order valence-electron chi connectivity index (χ1n) is 9.35. The smallest absolute Gasteiger partial charge is 0.224 e. The Labute approximate surface area is 173 Å². The quantitative estimate of drug-likeness (QED) is 0.625. The highest BCUT2D eigenvalue weighted by atomic mass is 35.5. The normalized spacial score (nSPS) is 14.6. The summed E-state index contributed by atoms with van der Waals surface area (Å²) in [6.45, 7) is 3.15. The number of aryl methyl sites for hydroxylation is 1. The number of carbonyl (C=O) groups excluding carboxylic acids is 1. The van der Waals surface area contributed by atoms with Crippen molar-refractivity contribution in [3.63, 3.8) is 0 Å². The predicted molar refractivity (Wildman–Crippen MR) is 111 cm³/mol. The van der Waals surface area contributed by atoms with E-state index >= 15 is 0 Å². The summed E-state index contributed by atoms with van der Waals surface area (Å²) in [5.74, 6) is 1.07. The zero-order valence-electron chi connectivity index (χ0n) is 15.4. The summed E-state index contributed by atoms with van der Waals surface area (Å²) in [5, 5.41) is 1.07. The minimum absolute atomic E-state index is 0.154. The van der Waals surface area contributed by atoms with Crippen LogP contribution in [0, 0.1) is 0 Å². The number of hydrogen-bond donors (Lipinski definition) is 0. The van der Waals surface area contributed by atoms with E-state index in [1.54, 1.807) is 6.07 Å². The molecule has 3 aromatic rings. The van der Waals surface area contributed by atoms with Crippen molar-refractivity contribution in [2.24, 2.45) is 0 Å². The number of imidazole rings is 1. The van der Waals surface area contributed by atoms with Gasteiger partial charge in [-0.3, -0.25) is 4.79 Å². The molecular formula is C21H21Cl2N3O2. The molecule has 1 aliphatic rings. The third kappa shape index (κ3) is 4.17. The lowest BCUT2D eigenvalue weighted by atomic mass is 10.1. The Bertz CT molecular complexity index is 996. The number of morpholine rings is 1. The second-order valence-corrected chi connectivity index (χ2v) is 7.65. The molecule has 4 rings (SSSR count). The van der Waals surface area contributed by atoms with Gasteiger partial charge in [-0.05, 0) is 29.8 Å². The highest BCUT2D eigenvalue weighted by Crippen LogP contribution is 2.25. The van der Waals surface area contributed by atoms with Gasteiger partial charge >= 0.3 is 0 Å². The number of benzene rings is 2. The number of ether oxygens (including phenoxy) is 1. The van der Waals surface area contributed by atoms with Crippen molar-refractivity contribution in [1.29, 1.82) is 0 Å². The lowest BCUT2D eigenvalue weighted by Crippen LogP contribution is -2.41. The highest BCUT2D eigenvalue weighted by Gasteiger charge is 2.18. The fourth-order valence-corrected chi connectivity index (χ4v) is 3.84. The molecule has 1 amide bonds. The zero-order valence-corrected chi connectivity index (χ0v) is 16.9. The number of halogens is 2. The Morgan fingerprint density at radius 3 is 2.64 bits per heavy atom. The van der Waals surface area contributed by atoms with Crippen molar-refractivity contribution in [1.82, 2.24) is 14.5 Å². The fraction of sp³-hybridized carbons (Fsp3) is 0.333. The van der Waals surface area contributed by atoms with E-state index in [4.69, 9.17) is 32.9 Å². The van der Waals surface area contributed by atoms with Crippen LogP contribution < -0.4 is 0 Å². The molecule has 0 spiro atoms. The van der Waals surface area contributed by atoms with Gasteiger partial charge in [0.05, 0.1) is 34.3 Å². The van der Waals surface area contributed by atoms with E-state index in [9.17, 15) is 4.79 Å². The van der Waals surface area contributed by atoms with Crippen LogP contribution in [0.25, 0.3) is 11.0 Å². The molecule has 0 saturated carbocycles. The molecule has 0 unspecified atom stereocenters. The van der Waals surface area contributed by atoms with Crippen LogP contribution in [-0.4, -0.2) is 46.7 Å². The molecular weight excluding hydrogens is 397 g/mol. The second-order valence-electron chi connectivity index (χ2n) is 6.84. The van der Waals surface area contributed by atoms with Crippen LogP contribution >= 0.6 is 23.2 Å². The molecule has 28 heavy (non-hydrogen) atoms. The van der Waals surface area contributed by atoms with Gasteiger partial charge < -0.3 is 14.2 Å². The Morgan fingerprint density at radius 1 is 1.07 bits per heavy atom. The lowest BCUT2D eigenvalue weighted by Gasteiger charge is -2.27. The maximum absolute atomic E-state index is 12.6. The zero-order chi connectivity index (χ0) is 19.5. The standard InChI is InChI=1S/C21H21Cl2N3O2/c22-16-6-5-15(13-17(16)23)14-20-24-18-3-1-2-4-19(18)26(20)8-7-21(27)25-9-11-28-12-10-25/h1-6,13H,7-12,14H2. The largest absolute Gasteiger partial charge is 0.378 e. The van der Waals surface area contributed by atoms with Crippen LogP contribution in [0.4, 0.5) is 0 Å². The molecule has 0 N–H and O–H groups in total. The van der Waals surface area contributed by atoms with Crippen molar-refractivity contribution in [2.45, 2.75) is 19.4 Å². The van der Waals surface area contributed by atoms with E-state index in [0.29, 0.717) is 55.7 Å². The topological polar surface area (TPSA) is 47.4 Å². The Balaban J connectivity index is 1.57. The molecule has 2 aromatic carbocycles. The molecule has 1 saturated heterocycles. The van der Waals surface area contributed by atoms with Gasteiger partial charge in [0.1, 0.15) is 5.82 Å². The molecule has 1 fully saturated rings. The van der Waals surface area contributed by atoms with Crippen molar-refractivity contribution in [2.75, 3.05) is 26.3 Å². The van der Waals surface area contributed by atoms with E-state index in [0.717, 1.165) is 22.4 Å². The van der Waals surface area contributed by atoms with Gasteiger partial charge in [0, 0.05) is 32.5 Å². The summed E-state index contributed by atoms with van der Waals surface area (Å²) in [7, 11) is 0. The van der Waals surface area contributed by atoms with Crippen LogP contribution in [0.15, 0.2) is 42.5 Å². The minimum atomic E-state index is 0.154. The van der Waals surface area contributed by atoms with Gasteiger partial charge in [-0.25, -0.2) is 4.98 Å². The predicted octanol–water partition coefficient (Wildman–Crippen LogP) is 4.18. The molecule has 0 aliphatic carbocycles. The summed E-state index contributed by atoms with van der Waals surface area (Å²) in [6, 6.07) is 13.6. The Morgan fingerprint density at radius 2 is 1.86 bits per heavy atom. The molecule has 146 valence electrons. The first-order valence-corrected chi connectivity index (χ1v) is 10.1. The SMILES string of the molecule is O=C(CCn1c(Cc2ccc(Cl)c(Cl)c2)nc2ccccc21)N1CCOCC1. The van der Waals surface area contributed by atoms with Gasteiger partial charge in [-0.2, -0.15) is 0 Å². The second kappa shape index (κ2) is 8.52. The van der Waals surface area contributed by atoms with Crippen LogP contribution in [0.1, 0.15) is 17.8 Å². The molecule has 0 bridgehead atoms. The number of para-hydroxylation sites is 2. The lowest BCUT2D eigenvalue weighted by molar-refractivity contribution is -0.135. The summed E-state index contributed by atoms with van der Waals surface area (Å²) in [5.41, 5.74) is 2.99. The van der Waals surface area contributed by atoms with E-state index in [1.165, 1.54) is 0 Å². The molecule has 2 heterocycles. The summed E-state index contributed by atoms with van der Waals surface area (Å²) in [4.78, 5) is 19.3. The maximum atomic E-state index is 12.6. The van der Waals surface area contributed by atoms with Crippen LogP contribution in [0.5, 0.6) is 0 Å². The Hall–Kier alpha value is -2.08. The van der Waals surface area contributed by atoms with E-state index < -0.39 is 0 Å². The molecule has 0 radical (unpaired) electrons. The first-order chi connectivity index (χ1) is 13.6. The van der Waals surface area contributed by atoms with Gasteiger partial charge in [-0.1, -0.05) is 41.4 Å². The monoisotopic (exact) mass is 417 g/mol. The van der Waals surface area contributed by atoms with Crippen LogP contribution in [0.3, 0.4) is 0 Å². The maximum Gasteiger partial charge on any atom is 0.224 e. The van der Waals surface area contributed by atoms with Gasteiger partial charge in [0.25, 0.3) is 0 Å². The molecule has 1 aromatic heterocycles. The van der Waals surface area contributed by atoms with Crippen molar-refractivity contribution in [3.8, 4) is 0 Å². The summed E-state index contributed by atoms with van der Waals surface area (Å²) in [6.07, 6.45) is 1.06. The fourth-order valence-electron chi connectivity index (χ4n) is 3.52. The average molecular weight is 418 g/mol. The first kappa shape index (κ1) is 19.2. The highest BCUT2D eigenvalue weighted by molar-refractivity contribution is 6.42. The number of rotatable bonds is 5. The molecule has 5 nitrogen and oxygen atoms in total. The van der Waals surface area contributed by atoms with Crippen molar-refractivity contribution >= 4 is 40.1 Å². The average Bonchev–Trinajstić information content (AvgIpc) is 3.06. The van der Waals surface area contributed by atoms with Crippen LogP contribution in [0.2, 0.25) is 10.0 Å². The van der Waals surface area contributed by atoms with Crippen LogP contribution in [-0.2, 0) is 22.5 Å². The summed E-state index contributed by atoms with van der Waals surface area (Å²) < 4.78 is 7.47. The number of nitrogens with zero attached hydrogens (tertiary/aromatic N) is 3. The van der Waals surface area contributed by atoms with E-state index in [-0.39, 0.29) is 5.91 Å². The van der Waals surface area contributed by atoms with Crippen molar-refractivity contribution < 1.29 is 9.53 Å². The molecule has 0 atom stereocenters. The third-order valence-corrected chi connectivity index (χ3v) is 5.73. The van der Waals surface area contributed by atoms with Gasteiger partial charge in [0.15, 0.2) is 0 Å². The number of carbonyl (C=O) groups is 1. The summed E-state index contributed by atoms with van der Waals surface area (Å²) >= 11 is 12.2. The number of fused-ring (bicyclic) bond motifs is 1. The van der Waals surface area contributed by atoms with Gasteiger partial charge in [-0.15, -0.1) is 0 Å². The Kier molecular flexibility index (Phi) is 5.85. The third-order valence-electron chi connectivity index (χ3n) is 4.99. The number of amides is 1. The van der Waals surface area contributed by atoms with Gasteiger partial charge in [0.2, 0.25) is 5.91 Å². The van der Waals surface area contributed by atoms with E-state index in [1.807, 2.05) is 41.3 Å². The van der Waals surface area contributed by atoms with E-state index in [2.05, 4.69) is 4.57 Å². The minimum Gasteiger partial charge on any atom is -0.378 e. The molecule has 1 aliphatic heterocycles. The number of hydrogen-bond acceptors (Lipinski definition) is 3. The van der Waals surface area contributed by atoms with Crippen molar-refractivity contribution in [3.05, 3.63) is 63.9 Å². The molecule has 7 heteroatoms. The number of aromatic nitrogens is 2.